The van der Waals surface area contributed by atoms with Gasteiger partial charge in [-0.2, -0.15) is 0 Å². The predicted octanol–water partition coefficient (Wildman–Crippen LogP) is 1.20. The van der Waals surface area contributed by atoms with Gasteiger partial charge in [-0.25, -0.2) is 0 Å². The first kappa shape index (κ1) is 19.5. The summed E-state index contributed by atoms with van der Waals surface area (Å²) in [6, 6.07) is 3.74. The standard InChI is InChI=1S/C18H19N3O7/c22-14(19-8-10-4-1-2-5-11(10)18(25)26)9-20-16(23)12-6-3-7-13(21(27)28)15(12)17(20)24/h3,6-7,10-11H,1-2,4-5,8-9H2,(H,19,22)(H,25,26)/t10-,11-/m0/s1. The zero-order valence-electron chi connectivity index (χ0n) is 14.9. The minimum Gasteiger partial charge on any atom is -0.481 e. The Morgan fingerprint density at radius 1 is 1.21 bits per heavy atom. The van der Waals surface area contributed by atoms with Crippen LogP contribution in [0.15, 0.2) is 18.2 Å². The Morgan fingerprint density at radius 2 is 1.93 bits per heavy atom. The Balaban J connectivity index is 1.66. The van der Waals surface area contributed by atoms with Crippen LogP contribution in [0.5, 0.6) is 0 Å². The second-order valence-electron chi connectivity index (χ2n) is 6.95. The summed E-state index contributed by atoms with van der Waals surface area (Å²) in [6.07, 6.45) is 2.94. The second kappa shape index (κ2) is 7.75. The fraction of sp³-hybridized carbons (Fsp3) is 0.444. The number of rotatable bonds is 6. The van der Waals surface area contributed by atoms with Crippen molar-refractivity contribution in [3.8, 4) is 0 Å². The highest BCUT2D eigenvalue weighted by Crippen LogP contribution is 2.31. The van der Waals surface area contributed by atoms with Crippen molar-refractivity contribution in [3.63, 3.8) is 0 Å². The molecule has 2 N–H and O–H groups in total. The molecule has 1 aliphatic carbocycles. The predicted molar refractivity (Wildman–Crippen MR) is 94.6 cm³/mol. The van der Waals surface area contributed by atoms with E-state index >= 15 is 0 Å². The molecular formula is C18H19N3O7. The van der Waals surface area contributed by atoms with E-state index in [2.05, 4.69) is 5.32 Å². The first-order valence-corrected chi connectivity index (χ1v) is 8.94. The molecule has 0 unspecified atom stereocenters. The molecule has 2 atom stereocenters. The van der Waals surface area contributed by atoms with Crippen LogP contribution in [-0.2, 0) is 9.59 Å². The fourth-order valence-electron chi connectivity index (χ4n) is 3.83. The van der Waals surface area contributed by atoms with Crippen molar-refractivity contribution in [2.75, 3.05) is 13.1 Å². The normalized spacial score (nSPS) is 21.4. The minimum absolute atomic E-state index is 0.106. The highest BCUT2D eigenvalue weighted by atomic mass is 16.6. The third-order valence-corrected chi connectivity index (χ3v) is 5.26. The maximum absolute atomic E-state index is 12.5. The molecule has 0 radical (unpaired) electrons. The van der Waals surface area contributed by atoms with Crippen molar-refractivity contribution in [3.05, 3.63) is 39.4 Å². The highest BCUT2D eigenvalue weighted by molar-refractivity contribution is 6.24. The molecule has 0 saturated heterocycles. The number of amides is 3. The summed E-state index contributed by atoms with van der Waals surface area (Å²) >= 11 is 0. The zero-order chi connectivity index (χ0) is 20.4. The number of nitrogens with one attached hydrogen (secondary N) is 1. The van der Waals surface area contributed by atoms with Gasteiger partial charge in [0.25, 0.3) is 17.5 Å². The van der Waals surface area contributed by atoms with Crippen LogP contribution in [0.1, 0.15) is 46.4 Å². The van der Waals surface area contributed by atoms with Crippen molar-refractivity contribution in [1.82, 2.24) is 10.2 Å². The summed E-state index contributed by atoms with van der Waals surface area (Å²) in [5.74, 6) is -3.91. The molecule has 0 spiro atoms. The van der Waals surface area contributed by atoms with Crippen LogP contribution in [0.2, 0.25) is 0 Å². The lowest BCUT2D eigenvalue weighted by Gasteiger charge is -2.28. The molecule has 1 fully saturated rings. The second-order valence-corrected chi connectivity index (χ2v) is 6.95. The van der Waals surface area contributed by atoms with Gasteiger partial charge >= 0.3 is 5.97 Å². The van der Waals surface area contributed by atoms with Crippen LogP contribution in [0.25, 0.3) is 0 Å². The average Bonchev–Trinajstić information content (AvgIpc) is 2.91. The molecular weight excluding hydrogens is 370 g/mol. The van der Waals surface area contributed by atoms with Crippen molar-refractivity contribution >= 4 is 29.4 Å². The van der Waals surface area contributed by atoms with Gasteiger partial charge in [0.2, 0.25) is 5.91 Å². The monoisotopic (exact) mass is 389 g/mol. The van der Waals surface area contributed by atoms with Gasteiger partial charge in [0.1, 0.15) is 12.1 Å². The van der Waals surface area contributed by atoms with E-state index in [0.717, 1.165) is 18.9 Å². The van der Waals surface area contributed by atoms with E-state index in [1.807, 2.05) is 0 Å². The maximum atomic E-state index is 12.5. The molecule has 28 heavy (non-hydrogen) atoms. The molecule has 1 heterocycles. The topological polar surface area (TPSA) is 147 Å². The summed E-state index contributed by atoms with van der Waals surface area (Å²) in [6.45, 7) is -0.437. The van der Waals surface area contributed by atoms with E-state index in [1.165, 1.54) is 12.1 Å². The lowest BCUT2D eigenvalue weighted by molar-refractivity contribution is -0.385. The van der Waals surface area contributed by atoms with Crippen LogP contribution in [0, 0.1) is 22.0 Å². The molecule has 1 saturated carbocycles. The minimum atomic E-state index is -0.897. The van der Waals surface area contributed by atoms with Crippen molar-refractivity contribution < 1.29 is 29.2 Å². The first-order valence-electron chi connectivity index (χ1n) is 8.94. The Morgan fingerprint density at radius 3 is 2.61 bits per heavy atom. The van der Waals surface area contributed by atoms with E-state index in [1.54, 1.807) is 0 Å². The molecule has 1 aromatic rings. The highest BCUT2D eigenvalue weighted by Gasteiger charge is 2.41. The van der Waals surface area contributed by atoms with E-state index in [-0.39, 0.29) is 23.6 Å². The molecule has 10 heteroatoms. The summed E-state index contributed by atoms with van der Waals surface area (Å²) < 4.78 is 0. The van der Waals surface area contributed by atoms with Gasteiger partial charge < -0.3 is 10.4 Å². The number of hydrogen-bond acceptors (Lipinski definition) is 6. The van der Waals surface area contributed by atoms with Crippen LogP contribution in [0.4, 0.5) is 5.69 Å². The molecule has 3 rings (SSSR count). The van der Waals surface area contributed by atoms with Crippen molar-refractivity contribution in [2.24, 2.45) is 11.8 Å². The van der Waals surface area contributed by atoms with Gasteiger partial charge in [-0.15, -0.1) is 0 Å². The van der Waals surface area contributed by atoms with E-state index in [9.17, 15) is 34.4 Å². The largest absolute Gasteiger partial charge is 0.481 e. The Hall–Kier alpha value is -3.30. The third kappa shape index (κ3) is 3.57. The fourth-order valence-corrected chi connectivity index (χ4v) is 3.83. The molecule has 0 bridgehead atoms. The number of carboxylic acids is 1. The van der Waals surface area contributed by atoms with E-state index in [4.69, 9.17) is 0 Å². The number of nitro groups is 1. The molecule has 10 nitrogen and oxygen atoms in total. The SMILES string of the molecule is O=C(CN1C(=O)c2cccc([N+](=O)[O-])c2C1=O)NC[C@@H]1CCCC[C@@H]1C(=O)O. The van der Waals surface area contributed by atoms with Gasteiger partial charge in [0.15, 0.2) is 0 Å². The molecule has 1 aliphatic heterocycles. The van der Waals surface area contributed by atoms with Gasteiger partial charge in [0.05, 0.1) is 16.4 Å². The number of nitro benzene ring substituents is 1. The van der Waals surface area contributed by atoms with E-state index in [0.29, 0.717) is 17.7 Å². The number of aliphatic carboxylic acids is 1. The first-order chi connectivity index (χ1) is 13.3. The Bertz CT molecular complexity index is 867. The summed E-state index contributed by atoms with van der Waals surface area (Å²) in [5, 5.41) is 23.0. The van der Waals surface area contributed by atoms with Crippen LogP contribution in [-0.4, -0.2) is 51.7 Å². The summed E-state index contributed by atoms with van der Waals surface area (Å²) in [4.78, 5) is 59.4. The van der Waals surface area contributed by atoms with Crippen LogP contribution >= 0.6 is 0 Å². The number of imide groups is 1. The number of hydrogen-bond donors (Lipinski definition) is 2. The number of carboxylic acid groups (broad SMARTS) is 1. The quantitative estimate of drug-likeness (QED) is 0.422. The number of carbonyl (C=O) groups excluding carboxylic acids is 3. The van der Waals surface area contributed by atoms with Crippen LogP contribution < -0.4 is 5.32 Å². The lowest BCUT2D eigenvalue weighted by atomic mass is 9.79. The van der Waals surface area contributed by atoms with Crippen LogP contribution in [0.3, 0.4) is 0 Å². The number of nitrogens with zero attached hydrogens (tertiary/aromatic N) is 2. The third-order valence-electron chi connectivity index (χ3n) is 5.26. The molecule has 3 amide bonds. The van der Waals surface area contributed by atoms with Crippen molar-refractivity contribution in [2.45, 2.75) is 25.7 Å². The Labute approximate surface area is 159 Å². The molecule has 0 aromatic heterocycles. The zero-order valence-corrected chi connectivity index (χ0v) is 14.9. The molecule has 1 aromatic carbocycles. The van der Waals surface area contributed by atoms with Gasteiger partial charge in [-0.05, 0) is 24.8 Å². The van der Waals surface area contributed by atoms with Gasteiger partial charge in [-0.3, -0.25) is 34.2 Å². The summed E-state index contributed by atoms with van der Waals surface area (Å²) in [5.41, 5.74) is -0.904. The maximum Gasteiger partial charge on any atom is 0.306 e. The molecule has 2 aliphatic rings. The van der Waals surface area contributed by atoms with Gasteiger partial charge in [0, 0.05) is 12.6 Å². The number of fused-ring (bicyclic) bond motifs is 1. The van der Waals surface area contributed by atoms with E-state index < -0.39 is 46.8 Å². The average molecular weight is 389 g/mol. The molecule has 148 valence electrons. The number of benzene rings is 1. The van der Waals surface area contributed by atoms with Gasteiger partial charge in [-0.1, -0.05) is 18.9 Å². The lowest BCUT2D eigenvalue weighted by Crippen LogP contribution is -2.43. The van der Waals surface area contributed by atoms with Crippen molar-refractivity contribution in [1.29, 1.82) is 0 Å². The number of carbonyl (C=O) groups is 4. The smallest absolute Gasteiger partial charge is 0.306 e. The Kier molecular flexibility index (Phi) is 5.39. The summed E-state index contributed by atoms with van der Waals surface area (Å²) in [7, 11) is 0.